The quantitative estimate of drug-likeness (QED) is 0.581. The molecular formula is C8H10N2O4. The molecule has 0 saturated carbocycles. The van der Waals surface area contributed by atoms with Gasteiger partial charge in [-0.3, -0.25) is 10.1 Å². The molecule has 0 amide bonds. The van der Waals surface area contributed by atoms with Crippen molar-refractivity contribution in [3.8, 4) is 11.5 Å². The van der Waals surface area contributed by atoms with Crippen LogP contribution >= 0.6 is 0 Å². The summed E-state index contributed by atoms with van der Waals surface area (Å²) in [6, 6.07) is 4.06. The minimum atomic E-state index is -0.523. The van der Waals surface area contributed by atoms with Crippen LogP contribution in [0.25, 0.3) is 0 Å². The van der Waals surface area contributed by atoms with Gasteiger partial charge in [0.15, 0.2) is 5.75 Å². The van der Waals surface area contributed by atoms with Crippen molar-refractivity contribution in [3.63, 3.8) is 0 Å². The molecule has 1 aromatic carbocycles. The Morgan fingerprint density at radius 2 is 2.29 bits per heavy atom. The Balaban J connectivity index is 3.10. The molecule has 14 heavy (non-hydrogen) atoms. The molecule has 0 aromatic heterocycles. The highest BCUT2D eigenvalue weighted by atomic mass is 16.6. The van der Waals surface area contributed by atoms with Gasteiger partial charge in [-0.25, -0.2) is 0 Å². The third-order valence-corrected chi connectivity index (χ3v) is 1.56. The Morgan fingerprint density at radius 1 is 1.57 bits per heavy atom. The summed E-state index contributed by atoms with van der Waals surface area (Å²) in [5.74, 6) is 5.39. The van der Waals surface area contributed by atoms with Crippen molar-refractivity contribution in [2.24, 2.45) is 5.90 Å². The van der Waals surface area contributed by atoms with Crippen molar-refractivity contribution in [2.45, 2.75) is 6.92 Å². The van der Waals surface area contributed by atoms with Gasteiger partial charge in [-0.15, -0.1) is 0 Å². The number of nitro benzene ring substituents is 1. The minimum Gasteiger partial charge on any atom is -0.487 e. The lowest BCUT2D eigenvalue weighted by Gasteiger charge is -2.05. The zero-order valence-corrected chi connectivity index (χ0v) is 7.60. The monoisotopic (exact) mass is 198 g/mol. The maximum Gasteiger partial charge on any atom is 0.311 e. The second-order valence-electron chi connectivity index (χ2n) is 2.44. The molecule has 6 heteroatoms. The van der Waals surface area contributed by atoms with Gasteiger partial charge in [-0.05, 0) is 13.0 Å². The van der Waals surface area contributed by atoms with Crippen molar-refractivity contribution in [1.82, 2.24) is 0 Å². The van der Waals surface area contributed by atoms with Crippen molar-refractivity contribution in [3.05, 3.63) is 28.3 Å². The average Bonchev–Trinajstić information content (AvgIpc) is 2.17. The van der Waals surface area contributed by atoms with Crippen LogP contribution in [0.4, 0.5) is 5.69 Å². The lowest BCUT2D eigenvalue weighted by atomic mass is 10.3. The highest BCUT2D eigenvalue weighted by molar-refractivity contribution is 5.50. The van der Waals surface area contributed by atoms with Crippen LogP contribution in [-0.4, -0.2) is 11.5 Å². The largest absolute Gasteiger partial charge is 0.487 e. The fourth-order valence-corrected chi connectivity index (χ4v) is 0.990. The summed E-state index contributed by atoms with van der Waals surface area (Å²) in [6.07, 6.45) is 0. The molecule has 6 nitrogen and oxygen atoms in total. The molecule has 0 bridgehead atoms. The standard InChI is InChI=1S/C8H10N2O4/c1-2-13-8-5-6(14-9)3-4-7(8)10(11)12/h3-5H,2,9H2,1H3. The van der Waals surface area contributed by atoms with Crippen molar-refractivity contribution in [1.29, 1.82) is 0 Å². The van der Waals surface area contributed by atoms with Crippen molar-refractivity contribution in [2.75, 3.05) is 6.61 Å². The van der Waals surface area contributed by atoms with E-state index < -0.39 is 4.92 Å². The highest BCUT2D eigenvalue weighted by Crippen LogP contribution is 2.30. The molecule has 2 N–H and O–H groups in total. The number of nitro groups is 1. The number of hydrogen-bond acceptors (Lipinski definition) is 5. The lowest BCUT2D eigenvalue weighted by Crippen LogP contribution is -2.03. The Kier molecular flexibility index (Phi) is 3.24. The van der Waals surface area contributed by atoms with Crippen LogP contribution in [0, 0.1) is 10.1 Å². The van der Waals surface area contributed by atoms with E-state index in [4.69, 9.17) is 10.6 Å². The predicted octanol–water partition coefficient (Wildman–Crippen LogP) is 1.25. The van der Waals surface area contributed by atoms with E-state index in [1.807, 2.05) is 0 Å². The van der Waals surface area contributed by atoms with Crippen LogP contribution in [0.5, 0.6) is 11.5 Å². The number of hydrogen-bond donors (Lipinski definition) is 1. The molecule has 0 unspecified atom stereocenters. The number of ether oxygens (including phenoxy) is 1. The molecule has 0 atom stereocenters. The summed E-state index contributed by atoms with van der Waals surface area (Å²) in [5, 5.41) is 10.5. The molecule has 0 radical (unpaired) electrons. The third kappa shape index (κ3) is 2.11. The van der Waals surface area contributed by atoms with Gasteiger partial charge >= 0.3 is 5.69 Å². The fourth-order valence-electron chi connectivity index (χ4n) is 0.990. The smallest absolute Gasteiger partial charge is 0.311 e. The molecule has 0 saturated heterocycles. The number of rotatable bonds is 4. The van der Waals surface area contributed by atoms with E-state index in [1.165, 1.54) is 18.2 Å². The molecule has 0 aliphatic rings. The summed E-state index contributed by atoms with van der Waals surface area (Å²) in [7, 11) is 0. The van der Waals surface area contributed by atoms with Crippen LogP contribution < -0.4 is 15.5 Å². The fraction of sp³-hybridized carbons (Fsp3) is 0.250. The van der Waals surface area contributed by atoms with Crippen LogP contribution in [0.15, 0.2) is 18.2 Å². The molecule has 1 aromatic rings. The Morgan fingerprint density at radius 3 is 2.79 bits per heavy atom. The van der Waals surface area contributed by atoms with Crippen molar-refractivity contribution >= 4 is 5.69 Å². The van der Waals surface area contributed by atoms with Crippen LogP contribution in [-0.2, 0) is 0 Å². The predicted molar refractivity (Wildman–Crippen MR) is 49.1 cm³/mol. The molecule has 0 heterocycles. The normalized spacial score (nSPS) is 9.57. The zero-order valence-electron chi connectivity index (χ0n) is 7.60. The summed E-state index contributed by atoms with van der Waals surface area (Å²) >= 11 is 0. The molecule has 0 fully saturated rings. The van der Waals surface area contributed by atoms with E-state index in [1.54, 1.807) is 6.92 Å². The molecular weight excluding hydrogens is 188 g/mol. The average molecular weight is 198 g/mol. The maximum absolute atomic E-state index is 10.5. The second-order valence-corrected chi connectivity index (χ2v) is 2.44. The van der Waals surface area contributed by atoms with Gasteiger partial charge in [0.25, 0.3) is 0 Å². The van der Waals surface area contributed by atoms with Gasteiger partial charge in [0.1, 0.15) is 0 Å². The number of benzene rings is 1. The van der Waals surface area contributed by atoms with Gasteiger partial charge in [0.2, 0.25) is 5.75 Å². The minimum absolute atomic E-state index is 0.104. The van der Waals surface area contributed by atoms with Crippen LogP contribution in [0.2, 0.25) is 0 Å². The summed E-state index contributed by atoms with van der Waals surface area (Å²) in [5.41, 5.74) is -0.104. The molecule has 76 valence electrons. The maximum atomic E-state index is 10.5. The first-order valence-corrected chi connectivity index (χ1v) is 3.97. The van der Waals surface area contributed by atoms with E-state index in [2.05, 4.69) is 4.84 Å². The summed E-state index contributed by atoms with van der Waals surface area (Å²) in [6.45, 7) is 2.08. The molecule has 0 spiro atoms. The zero-order chi connectivity index (χ0) is 10.6. The van der Waals surface area contributed by atoms with E-state index in [9.17, 15) is 10.1 Å². The van der Waals surface area contributed by atoms with E-state index in [-0.39, 0.29) is 11.4 Å². The van der Waals surface area contributed by atoms with Crippen LogP contribution in [0.3, 0.4) is 0 Å². The van der Waals surface area contributed by atoms with Gasteiger partial charge in [-0.1, -0.05) is 0 Å². The topological polar surface area (TPSA) is 87.6 Å². The SMILES string of the molecule is CCOc1cc(ON)ccc1[N+](=O)[O-]. The Hall–Kier alpha value is -1.82. The highest BCUT2D eigenvalue weighted by Gasteiger charge is 2.15. The lowest BCUT2D eigenvalue weighted by molar-refractivity contribution is -0.385. The third-order valence-electron chi connectivity index (χ3n) is 1.56. The van der Waals surface area contributed by atoms with Gasteiger partial charge in [0.05, 0.1) is 11.5 Å². The van der Waals surface area contributed by atoms with Gasteiger partial charge in [-0.2, -0.15) is 5.90 Å². The Labute approximate surface area is 80.3 Å². The van der Waals surface area contributed by atoms with Gasteiger partial charge in [0, 0.05) is 12.1 Å². The van der Waals surface area contributed by atoms with E-state index >= 15 is 0 Å². The van der Waals surface area contributed by atoms with Gasteiger partial charge < -0.3 is 9.57 Å². The number of nitrogens with zero attached hydrogens (tertiary/aromatic N) is 1. The number of nitrogens with two attached hydrogens (primary N) is 1. The van der Waals surface area contributed by atoms with E-state index in [0.29, 0.717) is 12.4 Å². The molecule has 0 aliphatic heterocycles. The van der Waals surface area contributed by atoms with Crippen molar-refractivity contribution < 1.29 is 14.5 Å². The van der Waals surface area contributed by atoms with Crippen LogP contribution in [0.1, 0.15) is 6.92 Å². The van der Waals surface area contributed by atoms with E-state index in [0.717, 1.165) is 0 Å². The second kappa shape index (κ2) is 4.43. The molecule has 0 aliphatic carbocycles. The first-order valence-electron chi connectivity index (χ1n) is 3.97. The summed E-state index contributed by atoms with van der Waals surface area (Å²) < 4.78 is 5.06. The molecule has 1 rings (SSSR count). The summed E-state index contributed by atoms with van der Waals surface area (Å²) in [4.78, 5) is 14.5. The first kappa shape index (κ1) is 10.3. The first-order chi connectivity index (χ1) is 6.69. The Bertz CT molecular complexity index is 340.